The van der Waals surface area contributed by atoms with Gasteiger partial charge in [-0.1, -0.05) is 6.42 Å². The first-order valence-electron chi connectivity index (χ1n) is 5.72. The molecule has 0 amide bonds. The number of fused-ring (bicyclic) bond motifs is 2. The monoisotopic (exact) mass is 212 g/mol. The van der Waals surface area contributed by atoms with Crippen LogP contribution < -0.4 is 0 Å². The maximum absolute atomic E-state index is 12.0. The van der Waals surface area contributed by atoms with Crippen molar-refractivity contribution in [3.63, 3.8) is 0 Å². The number of methoxy groups -OCH3 is 1. The van der Waals surface area contributed by atoms with Crippen LogP contribution in [0.2, 0.25) is 0 Å². The summed E-state index contributed by atoms with van der Waals surface area (Å²) in [6.45, 7) is 3.48. The number of rotatable bonds is 2. The van der Waals surface area contributed by atoms with Crippen molar-refractivity contribution in [3.8, 4) is 0 Å². The second kappa shape index (κ2) is 3.21. The molecule has 3 heteroatoms. The van der Waals surface area contributed by atoms with Gasteiger partial charge in [-0.2, -0.15) is 0 Å². The van der Waals surface area contributed by atoms with E-state index in [2.05, 4.69) is 0 Å². The van der Waals surface area contributed by atoms with Crippen LogP contribution in [0.5, 0.6) is 0 Å². The number of hydrogen-bond acceptors (Lipinski definition) is 3. The molecule has 0 saturated heterocycles. The van der Waals surface area contributed by atoms with E-state index in [-0.39, 0.29) is 5.97 Å². The highest BCUT2D eigenvalue weighted by atomic mass is 16.5. The van der Waals surface area contributed by atoms with Crippen LogP contribution in [0.3, 0.4) is 0 Å². The van der Waals surface area contributed by atoms with Crippen LogP contribution in [0.15, 0.2) is 0 Å². The number of carbonyl (C=O) groups excluding carboxylic acids is 1. The van der Waals surface area contributed by atoms with Crippen LogP contribution in [-0.2, 0) is 9.53 Å². The zero-order chi connectivity index (χ0) is 11.3. The van der Waals surface area contributed by atoms with Gasteiger partial charge >= 0.3 is 5.97 Å². The molecule has 2 fully saturated rings. The zero-order valence-corrected chi connectivity index (χ0v) is 9.75. The maximum atomic E-state index is 12.0. The highest BCUT2D eigenvalue weighted by Crippen LogP contribution is 2.60. The van der Waals surface area contributed by atoms with E-state index >= 15 is 0 Å². The average Bonchev–Trinajstić information content (AvgIpc) is 2.74. The molecular weight excluding hydrogens is 192 g/mol. The van der Waals surface area contributed by atoms with Crippen molar-refractivity contribution in [2.45, 2.75) is 45.1 Å². The molecule has 0 aromatic rings. The first-order chi connectivity index (χ1) is 6.91. The maximum Gasteiger partial charge on any atom is 0.315 e. The zero-order valence-electron chi connectivity index (χ0n) is 9.75. The Bertz CT molecular complexity index is 279. The van der Waals surface area contributed by atoms with E-state index in [9.17, 15) is 9.90 Å². The van der Waals surface area contributed by atoms with Crippen molar-refractivity contribution in [2.24, 2.45) is 17.3 Å². The minimum atomic E-state index is -0.972. The van der Waals surface area contributed by atoms with E-state index < -0.39 is 11.0 Å². The molecule has 2 bridgehead atoms. The van der Waals surface area contributed by atoms with Gasteiger partial charge in [-0.05, 0) is 44.9 Å². The Hall–Kier alpha value is -0.570. The number of ether oxygens (including phenoxy) is 1. The molecule has 3 atom stereocenters. The number of aliphatic hydroxyl groups is 1. The van der Waals surface area contributed by atoms with Crippen molar-refractivity contribution in [3.05, 3.63) is 0 Å². The third-order valence-electron chi connectivity index (χ3n) is 4.49. The van der Waals surface area contributed by atoms with E-state index in [1.54, 1.807) is 13.8 Å². The normalized spacial score (nSPS) is 39.5. The molecule has 2 rings (SSSR count). The van der Waals surface area contributed by atoms with Crippen molar-refractivity contribution in [2.75, 3.05) is 7.11 Å². The molecule has 3 nitrogen and oxygen atoms in total. The van der Waals surface area contributed by atoms with Gasteiger partial charge in [-0.15, -0.1) is 0 Å². The Morgan fingerprint density at radius 1 is 1.47 bits per heavy atom. The fourth-order valence-corrected chi connectivity index (χ4v) is 3.76. The molecule has 0 aliphatic heterocycles. The lowest BCUT2D eigenvalue weighted by Crippen LogP contribution is -2.53. The molecule has 0 heterocycles. The first-order valence-corrected chi connectivity index (χ1v) is 5.72. The van der Waals surface area contributed by atoms with Crippen molar-refractivity contribution < 1.29 is 14.6 Å². The average molecular weight is 212 g/mol. The molecule has 15 heavy (non-hydrogen) atoms. The number of esters is 1. The fourth-order valence-electron chi connectivity index (χ4n) is 3.76. The molecule has 2 saturated carbocycles. The smallest absolute Gasteiger partial charge is 0.315 e. The van der Waals surface area contributed by atoms with E-state index in [1.165, 1.54) is 13.5 Å². The highest BCUT2D eigenvalue weighted by Gasteiger charge is 2.63. The Kier molecular flexibility index (Phi) is 2.34. The Balaban J connectivity index is 2.37. The summed E-state index contributed by atoms with van der Waals surface area (Å²) in [7, 11) is 1.42. The Morgan fingerprint density at radius 2 is 2.13 bits per heavy atom. The van der Waals surface area contributed by atoms with E-state index in [0.717, 1.165) is 19.3 Å². The molecule has 0 aromatic heterocycles. The minimum Gasteiger partial charge on any atom is -0.469 e. The minimum absolute atomic E-state index is 0.220. The molecule has 0 spiro atoms. The molecule has 0 aromatic carbocycles. The van der Waals surface area contributed by atoms with Crippen molar-refractivity contribution in [1.82, 2.24) is 0 Å². The van der Waals surface area contributed by atoms with Gasteiger partial charge in [0.05, 0.1) is 18.1 Å². The van der Waals surface area contributed by atoms with Crippen LogP contribution in [-0.4, -0.2) is 23.8 Å². The fraction of sp³-hybridized carbons (Fsp3) is 0.917. The van der Waals surface area contributed by atoms with Crippen molar-refractivity contribution in [1.29, 1.82) is 0 Å². The van der Waals surface area contributed by atoms with Crippen molar-refractivity contribution >= 4 is 5.97 Å². The summed E-state index contributed by atoms with van der Waals surface area (Å²) in [5.74, 6) is 0.706. The second-order valence-corrected chi connectivity index (χ2v) is 5.60. The number of carbonyl (C=O) groups is 1. The predicted octanol–water partition coefficient (Wildman–Crippen LogP) is 1.74. The quantitative estimate of drug-likeness (QED) is 0.709. The van der Waals surface area contributed by atoms with Gasteiger partial charge in [0, 0.05) is 0 Å². The van der Waals surface area contributed by atoms with Crippen LogP contribution in [0, 0.1) is 17.3 Å². The van der Waals surface area contributed by atoms with Crippen LogP contribution in [0.1, 0.15) is 39.5 Å². The lowest BCUT2D eigenvalue weighted by molar-refractivity contribution is -0.177. The van der Waals surface area contributed by atoms with E-state index in [4.69, 9.17) is 4.74 Å². The molecule has 1 N–H and O–H groups in total. The van der Waals surface area contributed by atoms with Gasteiger partial charge in [-0.3, -0.25) is 4.79 Å². The van der Waals surface area contributed by atoms with Gasteiger partial charge in [0.2, 0.25) is 0 Å². The molecular formula is C12H20O3. The van der Waals surface area contributed by atoms with Crippen LogP contribution >= 0.6 is 0 Å². The van der Waals surface area contributed by atoms with E-state index in [1.807, 2.05) is 0 Å². The summed E-state index contributed by atoms with van der Waals surface area (Å²) in [5.41, 5.74) is -1.62. The Morgan fingerprint density at radius 3 is 2.47 bits per heavy atom. The predicted molar refractivity (Wildman–Crippen MR) is 56.2 cm³/mol. The molecule has 2 aliphatic carbocycles. The molecule has 86 valence electrons. The van der Waals surface area contributed by atoms with Gasteiger partial charge in [-0.25, -0.2) is 0 Å². The third kappa shape index (κ3) is 1.32. The largest absolute Gasteiger partial charge is 0.469 e. The molecule has 3 unspecified atom stereocenters. The lowest BCUT2D eigenvalue weighted by atomic mass is 9.63. The summed E-state index contributed by atoms with van der Waals surface area (Å²) in [4.78, 5) is 12.0. The van der Waals surface area contributed by atoms with Gasteiger partial charge in [0.1, 0.15) is 0 Å². The molecule has 2 aliphatic rings. The summed E-state index contributed by atoms with van der Waals surface area (Å²) >= 11 is 0. The Labute approximate surface area is 90.8 Å². The summed E-state index contributed by atoms with van der Waals surface area (Å²) in [5, 5.41) is 10.3. The standard InChI is InChI=1S/C12H20O3/c1-11(2,14)12(10(13)15-3)7-8-4-5-9(12)6-8/h8-9,14H,4-7H2,1-3H3. The first kappa shape index (κ1) is 10.9. The summed E-state index contributed by atoms with van der Waals surface area (Å²) in [6.07, 6.45) is 4.15. The van der Waals surface area contributed by atoms with Crippen LogP contribution in [0.4, 0.5) is 0 Å². The van der Waals surface area contributed by atoms with Gasteiger partial charge in [0.15, 0.2) is 0 Å². The molecule has 0 radical (unpaired) electrons. The summed E-state index contributed by atoms with van der Waals surface area (Å²) < 4.78 is 4.92. The number of hydrogen-bond donors (Lipinski definition) is 1. The van der Waals surface area contributed by atoms with Gasteiger partial charge in [0.25, 0.3) is 0 Å². The SMILES string of the molecule is COC(=O)C1(C(C)(C)O)CC2CCC1C2. The lowest BCUT2D eigenvalue weighted by Gasteiger charge is -2.43. The van der Waals surface area contributed by atoms with Crippen LogP contribution in [0.25, 0.3) is 0 Å². The van der Waals surface area contributed by atoms with E-state index in [0.29, 0.717) is 11.8 Å². The highest BCUT2D eigenvalue weighted by molar-refractivity contribution is 5.79. The third-order valence-corrected chi connectivity index (χ3v) is 4.49. The topological polar surface area (TPSA) is 46.5 Å². The summed E-state index contributed by atoms with van der Waals surface area (Å²) in [6, 6.07) is 0. The second-order valence-electron chi connectivity index (χ2n) is 5.60. The van der Waals surface area contributed by atoms with Gasteiger partial charge < -0.3 is 9.84 Å².